The summed E-state index contributed by atoms with van der Waals surface area (Å²) in [7, 11) is 0. The molecule has 1 spiro atoms. The van der Waals surface area contributed by atoms with E-state index in [0.717, 1.165) is 38.7 Å². The van der Waals surface area contributed by atoms with Crippen molar-refractivity contribution in [1.82, 2.24) is 5.32 Å². The summed E-state index contributed by atoms with van der Waals surface area (Å²) in [5.74, 6) is -0.0851. The first-order valence-electron chi connectivity index (χ1n) is 8.31. The minimum absolute atomic E-state index is 0.124. The van der Waals surface area contributed by atoms with E-state index in [1.54, 1.807) is 0 Å². The maximum Gasteiger partial charge on any atom is 0.320 e. The molecular weight excluding hydrogens is 254 g/mol. The third-order valence-corrected chi connectivity index (χ3v) is 5.59. The van der Waals surface area contributed by atoms with E-state index in [1.807, 2.05) is 0 Å². The molecule has 1 saturated carbocycles. The van der Waals surface area contributed by atoms with Gasteiger partial charge in [-0.3, -0.25) is 4.79 Å². The number of piperidine rings is 1. The van der Waals surface area contributed by atoms with Crippen LogP contribution in [0.25, 0.3) is 0 Å². The van der Waals surface area contributed by atoms with E-state index < -0.39 is 5.97 Å². The maximum absolute atomic E-state index is 11.2. The Labute approximate surface area is 121 Å². The Morgan fingerprint density at radius 1 is 1.10 bits per heavy atom. The molecule has 3 atom stereocenters. The summed E-state index contributed by atoms with van der Waals surface area (Å²) >= 11 is 0. The monoisotopic (exact) mass is 281 g/mol. The molecule has 4 heteroatoms. The van der Waals surface area contributed by atoms with Crippen LogP contribution in [-0.4, -0.2) is 35.4 Å². The Morgan fingerprint density at radius 2 is 1.90 bits per heavy atom. The molecule has 0 aromatic rings. The lowest BCUT2D eigenvalue weighted by Gasteiger charge is -2.46. The number of hydrogen-bond donors (Lipinski definition) is 2. The van der Waals surface area contributed by atoms with Gasteiger partial charge >= 0.3 is 5.97 Å². The average Bonchev–Trinajstić information content (AvgIpc) is 2.48. The summed E-state index contributed by atoms with van der Waals surface area (Å²) in [6.07, 6.45) is 11.5. The Balaban J connectivity index is 1.62. The number of carbonyl (C=O) groups is 1. The molecule has 0 aromatic heterocycles. The molecule has 2 heterocycles. The van der Waals surface area contributed by atoms with Gasteiger partial charge in [0.2, 0.25) is 0 Å². The fourth-order valence-electron chi connectivity index (χ4n) is 4.49. The van der Waals surface area contributed by atoms with Crippen LogP contribution in [0.1, 0.15) is 64.2 Å². The maximum atomic E-state index is 11.2. The number of aliphatic carboxylic acids is 1. The van der Waals surface area contributed by atoms with Gasteiger partial charge in [-0.2, -0.15) is 0 Å². The average molecular weight is 281 g/mol. The van der Waals surface area contributed by atoms with Gasteiger partial charge in [0.1, 0.15) is 6.04 Å². The summed E-state index contributed by atoms with van der Waals surface area (Å²) in [5, 5.41) is 12.6. The number of rotatable bonds is 2. The SMILES string of the molecule is O=C(O)C1CCCC(C2CCOC3(CCCCC3)C2)N1. The van der Waals surface area contributed by atoms with Gasteiger partial charge < -0.3 is 15.2 Å². The highest BCUT2D eigenvalue weighted by Gasteiger charge is 2.42. The lowest BCUT2D eigenvalue weighted by Crippen LogP contribution is -2.53. The van der Waals surface area contributed by atoms with E-state index in [2.05, 4.69) is 5.32 Å². The van der Waals surface area contributed by atoms with Gasteiger partial charge in [0.15, 0.2) is 0 Å². The van der Waals surface area contributed by atoms with Crippen molar-refractivity contribution in [2.75, 3.05) is 6.61 Å². The van der Waals surface area contributed by atoms with Crippen LogP contribution in [0.15, 0.2) is 0 Å². The third kappa shape index (κ3) is 3.01. The molecule has 114 valence electrons. The molecule has 2 N–H and O–H groups in total. The van der Waals surface area contributed by atoms with Gasteiger partial charge in [-0.05, 0) is 50.9 Å². The molecule has 3 fully saturated rings. The summed E-state index contributed by atoms with van der Waals surface area (Å²) in [4.78, 5) is 11.2. The van der Waals surface area contributed by atoms with Crippen LogP contribution in [0.5, 0.6) is 0 Å². The summed E-state index contributed by atoms with van der Waals surface area (Å²) in [6.45, 7) is 0.862. The van der Waals surface area contributed by atoms with Gasteiger partial charge in [-0.25, -0.2) is 0 Å². The van der Waals surface area contributed by atoms with Crippen LogP contribution in [0.2, 0.25) is 0 Å². The molecule has 2 aliphatic heterocycles. The third-order valence-electron chi connectivity index (χ3n) is 5.59. The van der Waals surface area contributed by atoms with Crippen LogP contribution in [0, 0.1) is 5.92 Å². The molecule has 1 aliphatic carbocycles. The van der Waals surface area contributed by atoms with Crippen molar-refractivity contribution in [3.8, 4) is 0 Å². The van der Waals surface area contributed by atoms with Crippen molar-refractivity contribution in [2.24, 2.45) is 5.92 Å². The second-order valence-corrected chi connectivity index (χ2v) is 6.94. The van der Waals surface area contributed by atoms with E-state index >= 15 is 0 Å². The number of nitrogens with one attached hydrogen (secondary N) is 1. The first-order valence-corrected chi connectivity index (χ1v) is 8.31. The van der Waals surface area contributed by atoms with E-state index in [4.69, 9.17) is 4.74 Å². The smallest absolute Gasteiger partial charge is 0.320 e. The zero-order chi connectivity index (χ0) is 14.0. The highest BCUT2D eigenvalue weighted by atomic mass is 16.5. The van der Waals surface area contributed by atoms with Crippen molar-refractivity contribution in [3.63, 3.8) is 0 Å². The quantitative estimate of drug-likeness (QED) is 0.817. The molecule has 0 radical (unpaired) electrons. The molecule has 4 nitrogen and oxygen atoms in total. The van der Waals surface area contributed by atoms with Crippen LogP contribution in [-0.2, 0) is 9.53 Å². The molecule has 0 amide bonds. The van der Waals surface area contributed by atoms with Crippen molar-refractivity contribution < 1.29 is 14.6 Å². The first-order chi connectivity index (χ1) is 9.69. The summed E-state index contributed by atoms with van der Waals surface area (Å²) < 4.78 is 6.16. The zero-order valence-corrected chi connectivity index (χ0v) is 12.3. The van der Waals surface area contributed by atoms with Crippen LogP contribution < -0.4 is 5.32 Å². The summed E-state index contributed by atoms with van der Waals surface area (Å²) in [6, 6.07) is 0.0476. The molecule has 0 bridgehead atoms. The largest absolute Gasteiger partial charge is 0.480 e. The minimum atomic E-state index is -0.686. The Morgan fingerprint density at radius 3 is 2.65 bits per heavy atom. The van der Waals surface area contributed by atoms with E-state index in [0.29, 0.717) is 12.0 Å². The topological polar surface area (TPSA) is 58.6 Å². The fraction of sp³-hybridized carbons (Fsp3) is 0.938. The highest BCUT2D eigenvalue weighted by Crippen LogP contribution is 2.42. The fourth-order valence-corrected chi connectivity index (χ4v) is 4.49. The molecule has 0 aromatic carbocycles. The van der Waals surface area contributed by atoms with Crippen LogP contribution in [0.4, 0.5) is 0 Å². The number of ether oxygens (including phenoxy) is 1. The molecule has 2 saturated heterocycles. The van der Waals surface area contributed by atoms with E-state index in [9.17, 15) is 9.90 Å². The van der Waals surface area contributed by atoms with Gasteiger partial charge in [-0.15, -0.1) is 0 Å². The van der Waals surface area contributed by atoms with Crippen molar-refractivity contribution in [2.45, 2.75) is 81.9 Å². The van der Waals surface area contributed by atoms with Crippen molar-refractivity contribution in [3.05, 3.63) is 0 Å². The normalized spacial score (nSPS) is 37.7. The zero-order valence-electron chi connectivity index (χ0n) is 12.3. The van der Waals surface area contributed by atoms with Crippen molar-refractivity contribution >= 4 is 5.97 Å². The minimum Gasteiger partial charge on any atom is -0.480 e. The second kappa shape index (κ2) is 6.02. The van der Waals surface area contributed by atoms with Crippen LogP contribution >= 0.6 is 0 Å². The predicted molar refractivity (Wildman–Crippen MR) is 76.7 cm³/mol. The van der Waals surface area contributed by atoms with Gasteiger partial charge in [0.25, 0.3) is 0 Å². The molecule has 20 heavy (non-hydrogen) atoms. The number of hydrogen-bond acceptors (Lipinski definition) is 3. The van der Waals surface area contributed by atoms with E-state index in [-0.39, 0.29) is 11.6 Å². The predicted octanol–water partition coefficient (Wildman–Crippen LogP) is 2.71. The van der Waals surface area contributed by atoms with Crippen molar-refractivity contribution in [1.29, 1.82) is 0 Å². The summed E-state index contributed by atoms with van der Waals surface area (Å²) in [5.41, 5.74) is 0.124. The van der Waals surface area contributed by atoms with Crippen LogP contribution in [0.3, 0.4) is 0 Å². The lowest BCUT2D eigenvalue weighted by molar-refractivity contribution is -0.142. The Kier molecular flexibility index (Phi) is 4.32. The Hall–Kier alpha value is -0.610. The Bertz CT molecular complexity index is 346. The lowest BCUT2D eigenvalue weighted by atomic mass is 9.72. The number of carboxylic acid groups (broad SMARTS) is 1. The number of carboxylic acids is 1. The van der Waals surface area contributed by atoms with Gasteiger partial charge in [0, 0.05) is 12.6 Å². The molecule has 3 aliphatic rings. The van der Waals surface area contributed by atoms with Gasteiger partial charge in [0.05, 0.1) is 5.60 Å². The van der Waals surface area contributed by atoms with Gasteiger partial charge in [-0.1, -0.05) is 19.3 Å². The molecular formula is C16H27NO3. The molecule has 3 unspecified atom stereocenters. The van der Waals surface area contributed by atoms with E-state index in [1.165, 1.54) is 32.1 Å². The highest BCUT2D eigenvalue weighted by molar-refractivity contribution is 5.73. The standard InChI is InChI=1S/C16H27NO3/c18-15(19)14-6-4-5-13(17-14)12-7-10-20-16(11-12)8-2-1-3-9-16/h12-14,17H,1-11H2,(H,18,19). The first kappa shape index (κ1) is 14.3. The second-order valence-electron chi connectivity index (χ2n) is 6.94. The molecule has 3 rings (SSSR count).